The number of carbonyl (C=O) groups is 1. The Hall–Kier alpha value is -0.800. The normalized spacial score (nSPS) is 12.5. The van der Waals surface area contributed by atoms with Crippen LogP contribution in [0.5, 0.6) is 0 Å². The number of esters is 1. The molecule has 3 aromatic rings. The Morgan fingerprint density at radius 3 is 1.88 bits per heavy atom. The van der Waals surface area contributed by atoms with E-state index in [1.54, 1.807) is 19.1 Å². The van der Waals surface area contributed by atoms with Crippen LogP contribution in [0.15, 0.2) is 83.8 Å². The van der Waals surface area contributed by atoms with Gasteiger partial charge in [-0.2, -0.15) is 0 Å². The van der Waals surface area contributed by atoms with Crippen LogP contribution in [-0.4, -0.2) is 59.1 Å². The minimum Gasteiger partial charge on any atom is -1.00 e. The third kappa shape index (κ3) is 5.72. The molecule has 33 heavy (non-hydrogen) atoms. The number of ether oxygens (including phenoxy) is 1. The van der Waals surface area contributed by atoms with E-state index >= 15 is 0 Å². The summed E-state index contributed by atoms with van der Waals surface area (Å²) in [6.45, 7) is 3.91. The molecule has 0 radical (unpaired) electrons. The van der Waals surface area contributed by atoms with Gasteiger partial charge in [-0.15, -0.1) is 0 Å². The number of hydrogen-bond donors (Lipinski definition) is 1. The fourth-order valence-corrected chi connectivity index (χ4v) is 12.4. The Balaban J connectivity index is 0.00000385. The molecule has 5 nitrogen and oxygen atoms in total. The quantitative estimate of drug-likeness (QED) is 0.122. The zero-order valence-electron chi connectivity index (χ0n) is 18.8. The minimum atomic E-state index is -4.53. The number of hydrogen-bond acceptors (Lipinski definition) is 4. The molecule has 0 aliphatic rings. The summed E-state index contributed by atoms with van der Waals surface area (Å²) in [4.78, 5) is 13.3. The summed E-state index contributed by atoms with van der Waals surface area (Å²) in [6, 6.07) is 24.4. The molecular formula is C24H25INaO5PS. The molecule has 0 saturated carbocycles. The second kappa shape index (κ2) is 12.2. The molecule has 9 heteroatoms. The molecule has 1 atom stereocenters. The van der Waals surface area contributed by atoms with E-state index in [2.05, 4.69) is 0 Å². The third-order valence-electron chi connectivity index (χ3n) is 5.57. The van der Waals surface area contributed by atoms with Gasteiger partial charge < -0.3 is 24.0 Å². The summed E-state index contributed by atoms with van der Waals surface area (Å²) in [5, 5.41) is 2.22. The predicted octanol–water partition coefficient (Wildman–Crippen LogP) is -0.633. The van der Waals surface area contributed by atoms with E-state index in [9.17, 15) is 17.8 Å². The monoisotopic (exact) mass is 606 g/mol. The first-order valence-corrected chi connectivity index (χ1v) is 14.8. The van der Waals surface area contributed by atoms with Gasteiger partial charge >= 0.3 is 209 Å². The maximum absolute atomic E-state index is 13.4. The Morgan fingerprint density at radius 2 is 1.45 bits per heavy atom. The van der Waals surface area contributed by atoms with Crippen molar-refractivity contribution in [3.63, 3.8) is 0 Å². The average molecular weight is 606 g/mol. The van der Waals surface area contributed by atoms with Crippen molar-refractivity contribution >= 4 is 70.0 Å². The van der Waals surface area contributed by atoms with Crippen molar-refractivity contribution in [3.8, 4) is 0 Å². The predicted molar refractivity (Wildman–Crippen MR) is 131 cm³/mol. The summed E-state index contributed by atoms with van der Waals surface area (Å²) in [6.07, 6.45) is 0.451. The fraction of sp³-hybridized carbons (Fsp3) is 0.208. The largest absolute Gasteiger partial charge is 1.00 e. The minimum absolute atomic E-state index is 0. The molecular weight excluding hydrogens is 581 g/mol. The molecule has 0 heterocycles. The summed E-state index contributed by atoms with van der Waals surface area (Å²) in [5.41, 5.74) is -0.615. The van der Waals surface area contributed by atoms with E-state index in [-0.39, 0.29) is 41.4 Å². The molecule has 0 bridgehead atoms. The van der Waals surface area contributed by atoms with Crippen LogP contribution in [0.25, 0.3) is 0 Å². The van der Waals surface area contributed by atoms with Gasteiger partial charge in [0.2, 0.25) is 0 Å². The first-order valence-electron chi connectivity index (χ1n) is 10.5. The summed E-state index contributed by atoms with van der Waals surface area (Å²) in [5.74, 6) is -0.365. The molecule has 0 spiro atoms. The van der Waals surface area contributed by atoms with Crippen LogP contribution in [0.4, 0.5) is 0 Å². The molecule has 0 aliphatic carbocycles. The summed E-state index contributed by atoms with van der Waals surface area (Å²) < 4.78 is 41.7. The first kappa shape index (κ1) is 28.4. The Bertz CT molecular complexity index is 1150. The van der Waals surface area contributed by atoms with Crippen LogP contribution >= 0.6 is 7.26 Å². The van der Waals surface area contributed by atoms with Gasteiger partial charge in [-0.25, -0.2) is 0 Å². The van der Waals surface area contributed by atoms with E-state index in [4.69, 9.17) is 4.74 Å². The second-order valence-corrected chi connectivity index (χ2v) is 13.5. The van der Waals surface area contributed by atoms with Crippen LogP contribution in [0.1, 0.15) is 20.3 Å². The van der Waals surface area contributed by atoms with Crippen LogP contribution in [0, 0.1) is 0 Å². The average Bonchev–Trinajstić information content (AvgIpc) is 2.77. The SMILES string of the molecule is CCOC(=O)C(CC)[P+](c1ccccc1)(c1ccccc1)c1ccc[c]([Na])c1S(=O)(=O)O.[I-]. The Kier molecular flexibility index (Phi) is 10.6. The smallest absolute Gasteiger partial charge is 1.00 e. The molecule has 0 saturated heterocycles. The molecule has 1 unspecified atom stereocenters. The van der Waals surface area contributed by atoms with E-state index in [0.29, 0.717) is 42.5 Å². The molecule has 0 fully saturated rings. The maximum atomic E-state index is 13.4. The van der Waals surface area contributed by atoms with E-state index in [0.717, 1.165) is 10.6 Å². The van der Waals surface area contributed by atoms with Crippen molar-refractivity contribution in [1.82, 2.24) is 0 Å². The van der Waals surface area contributed by atoms with Crippen molar-refractivity contribution in [2.45, 2.75) is 30.8 Å². The standard InChI is InChI=1S/C24H24O5PS.HI.Na/c1-3-21(24(25)29-4-2)30(19-13-7-5-8-14-19,20-15-9-6-10-16-20)22-17-11-12-18-23(22)31(26,27)28;;/h5-17,21H,3-4H2,1-2H3;1H;. The number of carbonyl (C=O) groups excluding carboxylic acids is 1. The van der Waals surface area contributed by atoms with Crippen molar-refractivity contribution < 1.29 is 46.5 Å². The number of halogens is 1. The third-order valence-corrected chi connectivity index (χ3v) is 12.8. The summed E-state index contributed by atoms with van der Waals surface area (Å²) in [7, 11) is -7.43. The van der Waals surface area contributed by atoms with Crippen LogP contribution in [0.3, 0.4) is 0 Å². The zero-order chi connectivity index (χ0) is 23.4. The Morgan fingerprint density at radius 1 is 0.939 bits per heavy atom. The van der Waals surface area contributed by atoms with Crippen LogP contribution in [0.2, 0.25) is 0 Å². The molecule has 1 N–H and O–H groups in total. The van der Waals surface area contributed by atoms with E-state index < -0.39 is 23.0 Å². The molecule has 0 amide bonds. The molecule has 3 rings (SSSR count). The maximum Gasteiger partial charge on any atom is -1.00 e. The zero-order valence-corrected chi connectivity index (χ0v) is 24.7. The first-order chi connectivity index (χ1) is 15.3. The molecule has 0 aliphatic heterocycles. The van der Waals surface area contributed by atoms with Crippen molar-refractivity contribution in [2.24, 2.45) is 0 Å². The van der Waals surface area contributed by atoms with Gasteiger partial charge in [-0.1, -0.05) is 0 Å². The van der Waals surface area contributed by atoms with Crippen molar-refractivity contribution in [1.29, 1.82) is 0 Å². The van der Waals surface area contributed by atoms with Gasteiger partial charge in [0.05, 0.1) is 0 Å². The van der Waals surface area contributed by atoms with Crippen molar-refractivity contribution in [2.75, 3.05) is 6.61 Å². The summed E-state index contributed by atoms with van der Waals surface area (Å²) >= 11 is 0.421. The van der Waals surface area contributed by atoms with Gasteiger partial charge in [0.15, 0.2) is 0 Å². The van der Waals surface area contributed by atoms with Gasteiger partial charge in [0, 0.05) is 0 Å². The van der Waals surface area contributed by atoms with Crippen LogP contribution < -0.4 is 42.7 Å². The van der Waals surface area contributed by atoms with Gasteiger partial charge in [0.25, 0.3) is 0 Å². The van der Waals surface area contributed by atoms with Gasteiger partial charge in [-0.05, 0) is 0 Å². The molecule has 0 aromatic heterocycles. The Labute approximate surface area is 230 Å². The molecule has 170 valence electrons. The number of rotatable bonds is 8. The second-order valence-electron chi connectivity index (χ2n) is 7.47. The van der Waals surface area contributed by atoms with Crippen molar-refractivity contribution in [3.05, 3.63) is 78.9 Å². The van der Waals surface area contributed by atoms with Crippen LogP contribution in [-0.2, 0) is 19.6 Å². The number of benzene rings is 3. The van der Waals surface area contributed by atoms with Gasteiger partial charge in [-0.3, -0.25) is 0 Å². The topological polar surface area (TPSA) is 80.7 Å². The molecule has 3 aromatic carbocycles. The fourth-order valence-electron chi connectivity index (χ4n) is 4.37. The van der Waals surface area contributed by atoms with Gasteiger partial charge in [0.1, 0.15) is 0 Å². The van der Waals surface area contributed by atoms with E-state index in [1.807, 2.05) is 73.7 Å². The van der Waals surface area contributed by atoms with E-state index in [1.165, 1.54) is 0 Å².